The van der Waals surface area contributed by atoms with Crippen LogP contribution in [0.2, 0.25) is 0 Å². The fourth-order valence-electron chi connectivity index (χ4n) is 2.23. The van der Waals surface area contributed by atoms with Gasteiger partial charge in [-0.3, -0.25) is 14.5 Å². The summed E-state index contributed by atoms with van der Waals surface area (Å²) in [7, 11) is 1.48. The molecule has 1 aromatic heterocycles. The van der Waals surface area contributed by atoms with E-state index >= 15 is 0 Å². The lowest BCUT2D eigenvalue weighted by molar-refractivity contribution is -0.122. The van der Waals surface area contributed by atoms with Gasteiger partial charge in [0, 0.05) is 33.2 Å². The van der Waals surface area contributed by atoms with Crippen LogP contribution >= 0.6 is 0 Å². The van der Waals surface area contributed by atoms with Gasteiger partial charge in [0.25, 0.3) is 11.7 Å². The number of hydrogen-bond donors (Lipinski definition) is 2. The highest BCUT2D eigenvalue weighted by atomic mass is 16.5. The van der Waals surface area contributed by atoms with Crippen molar-refractivity contribution in [3.05, 3.63) is 11.7 Å². The van der Waals surface area contributed by atoms with Crippen LogP contribution in [0.4, 0.5) is 0 Å². The van der Waals surface area contributed by atoms with E-state index in [0.717, 1.165) is 32.7 Å². The van der Waals surface area contributed by atoms with Crippen molar-refractivity contribution in [1.29, 1.82) is 0 Å². The second-order valence-corrected chi connectivity index (χ2v) is 5.08. The Morgan fingerprint density at radius 2 is 1.91 bits per heavy atom. The summed E-state index contributed by atoms with van der Waals surface area (Å²) in [5.41, 5.74) is 0. The molecule has 22 heavy (non-hydrogen) atoms. The molecule has 0 saturated carbocycles. The molecular formula is C13H22N6O3. The van der Waals surface area contributed by atoms with Gasteiger partial charge in [0.1, 0.15) is 0 Å². The van der Waals surface area contributed by atoms with Gasteiger partial charge in [-0.1, -0.05) is 12.1 Å². The largest absolute Gasteiger partial charge is 0.352 e. The first-order valence-corrected chi connectivity index (χ1v) is 7.38. The first-order valence-electron chi connectivity index (χ1n) is 7.38. The van der Waals surface area contributed by atoms with Crippen molar-refractivity contribution in [3.8, 4) is 0 Å². The van der Waals surface area contributed by atoms with Gasteiger partial charge in [-0.25, -0.2) is 0 Å². The molecule has 0 bridgehead atoms. The highest BCUT2D eigenvalue weighted by Crippen LogP contribution is 2.01. The van der Waals surface area contributed by atoms with Gasteiger partial charge in [0.05, 0.1) is 13.1 Å². The number of piperazine rings is 1. The number of aromatic nitrogens is 2. The van der Waals surface area contributed by atoms with Gasteiger partial charge in [-0.15, -0.1) is 0 Å². The van der Waals surface area contributed by atoms with Crippen LogP contribution in [0.15, 0.2) is 4.52 Å². The summed E-state index contributed by atoms with van der Waals surface area (Å²) in [6, 6.07) is 0. The van der Waals surface area contributed by atoms with E-state index in [1.54, 1.807) is 0 Å². The first-order chi connectivity index (χ1) is 10.6. The van der Waals surface area contributed by atoms with Crippen molar-refractivity contribution < 1.29 is 14.1 Å². The van der Waals surface area contributed by atoms with Gasteiger partial charge in [-0.2, -0.15) is 4.98 Å². The standard InChI is InChI=1S/C13H22N6O3/c1-3-18-4-6-19(7-5-18)9-10(20)15-8-11-16-12(17-22-11)13(21)14-2/h3-9H2,1-2H3,(H,14,21)(H,15,20). The zero-order chi connectivity index (χ0) is 15.9. The Balaban J connectivity index is 1.71. The molecule has 1 aromatic rings. The first kappa shape index (κ1) is 16.4. The van der Waals surface area contributed by atoms with Crippen molar-refractivity contribution in [1.82, 2.24) is 30.6 Å². The quantitative estimate of drug-likeness (QED) is 0.672. The van der Waals surface area contributed by atoms with E-state index in [9.17, 15) is 9.59 Å². The number of likely N-dealkylation sites (N-methyl/N-ethyl adjacent to an activating group) is 1. The van der Waals surface area contributed by atoms with Crippen LogP contribution < -0.4 is 10.6 Å². The molecule has 2 heterocycles. The Bertz CT molecular complexity index is 510. The summed E-state index contributed by atoms with van der Waals surface area (Å²) in [5, 5.41) is 8.65. The maximum absolute atomic E-state index is 11.9. The fourth-order valence-corrected chi connectivity index (χ4v) is 2.23. The van der Waals surface area contributed by atoms with Crippen LogP contribution in [0.25, 0.3) is 0 Å². The van der Waals surface area contributed by atoms with Gasteiger partial charge in [-0.05, 0) is 6.54 Å². The third-order valence-electron chi connectivity index (χ3n) is 3.61. The second kappa shape index (κ2) is 7.85. The molecule has 0 aliphatic carbocycles. The van der Waals surface area contributed by atoms with Gasteiger partial charge < -0.3 is 20.1 Å². The zero-order valence-corrected chi connectivity index (χ0v) is 13.0. The lowest BCUT2D eigenvalue weighted by Crippen LogP contribution is -2.49. The van der Waals surface area contributed by atoms with Crippen molar-refractivity contribution in [2.45, 2.75) is 13.5 Å². The molecule has 9 heteroatoms. The van der Waals surface area contributed by atoms with E-state index in [1.807, 2.05) is 0 Å². The minimum absolute atomic E-state index is 0.0394. The van der Waals surface area contributed by atoms with Crippen LogP contribution in [0.3, 0.4) is 0 Å². The Hall–Kier alpha value is -2.00. The highest BCUT2D eigenvalue weighted by molar-refractivity contribution is 5.89. The third kappa shape index (κ3) is 4.50. The number of rotatable bonds is 6. The van der Waals surface area contributed by atoms with Crippen LogP contribution in [-0.4, -0.2) is 78.1 Å². The summed E-state index contributed by atoms with van der Waals surface area (Å²) in [6.45, 7) is 7.42. The molecule has 0 spiro atoms. The van der Waals surface area contributed by atoms with E-state index in [-0.39, 0.29) is 24.2 Å². The predicted molar refractivity (Wildman–Crippen MR) is 78.1 cm³/mol. The number of nitrogens with one attached hydrogen (secondary N) is 2. The smallest absolute Gasteiger partial charge is 0.292 e. The molecule has 2 rings (SSSR count). The lowest BCUT2D eigenvalue weighted by atomic mass is 10.3. The minimum atomic E-state index is -0.421. The SMILES string of the molecule is CCN1CCN(CC(=O)NCc2nc(C(=O)NC)no2)CC1. The van der Waals surface area contributed by atoms with Crippen LogP contribution in [0, 0.1) is 0 Å². The fraction of sp³-hybridized carbons (Fsp3) is 0.692. The molecule has 9 nitrogen and oxygen atoms in total. The number of nitrogens with zero attached hydrogens (tertiary/aromatic N) is 4. The van der Waals surface area contributed by atoms with E-state index in [1.165, 1.54) is 7.05 Å². The van der Waals surface area contributed by atoms with Crippen molar-refractivity contribution in [2.24, 2.45) is 0 Å². The molecule has 1 aliphatic rings. The normalized spacial score (nSPS) is 16.5. The maximum Gasteiger partial charge on any atom is 0.292 e. The zero-order valence-electron chi connectivity index (χ0n) is 13.0. The lowest BCUT2D eigenvalue weighted by Gasteiger charge is -2.33. The Morgan fingerprint density at radius 3 is 2.55 bits per heavy atom. The van der Waals surface area contributed by atoms with E-state index in [0.29, 0.717) is 6.54 Å². The van der Waals surface area contributed by atoms with Crippen molar-refractivity contribution in [3.63, 3.8) is 0 Å². The molecule has 0 atom stereocenters. The average Bonchev–Trinajstić information content (AvgIpc) is 3.02. The Morgan fingerprint density at radius 1 is 1.23 bits per heavy atom. The molecule has 122 valence electrons. The van der Waals surface area contributed by atoms with E-state index in [4.69, 9.17) is 4.52 Å². The molecule has 2 amide bonds. The number of carbonyl (C=O) groups is 2. The molecule has 1 fully saturated rings. The minimum Gasteiger partial charge on any atom is -0.352 e. The number of carbonyl (C=O) groups excluding carboxylic acids is 2. The maximum atomic E-state index is 11.9. The topological polar surface area (TPSA) is 104 Å². The number of hydrogen-bond acceptors (Lipinski definition) is 7. The summed E-state index contributed by atoms with van der Waals surface area (Å²) < 4.78 is 4.90. The predicted octanol–water partition coefficient (Wildman–Crippen LogP) is -1.32. The molecular weight excluding hydrogens is 288 g/mol. The molecule has 1 saturated heterocycles. The monoisotopic (exact) mass is 310 g/mol. The Labute approximate surface area is 129 Å². The second-order valence-electron chi connectivity index (χ2n) is 5.08. The van der Waals surface area contributed by atoms with Gasteiger partial charge >= 0.3 is 0 Å². The third-order valence-corrected chi connectivity index (χ3v) is 3.61. The highest BCUT2D eigenvalue weighted by Gasteiger charge is 2.18. The van der Waals surface area contributed by atoms with Gasteiger partial charge in [0.2, 0.25) is 11.8 Å². The van der Waals surface area contributed by atoms with Crippen LogP contribution in [0.1, 0.15) is 23.4 Å². The van der Waals surface area contributed by atoms with Crippen LogP contribution in [0.5, 0.6) is 0 Å². The Kier molecular flexibility index (Phi) is 5.84. The molecule has 2 N–H and O–H groups in total. The molecule has 1 aliphatic heterocycles. The van der Waals surface area contributed by atoms with E-state index in [2.05, 4.69) is 37.5 Å². The summed E-state index contributed by atoms with van der Waals surface area (Å²) in [5.74, 6) is -0.343. The van der Waals surface area contributed by atoms with Crippen LogP contribution in [-0.2, 0) is 11.3 Å². The number of amides is 2. The van der Waals surface area contributed by atoms with E-state index < -0.39 is 5.91 Å². The molecule has 0 unspecified atom stereocenters. The molecule has 0 radical (unpaired) electrons. The molecule has 0 aromatic carbocycles. The average molecular weight is 310 g/mol. The van der Waals surface area contributed by atoms with Crippen molar-refractivity contribution >= 4 is 11.8 Å². The van der Waals surface area contributed by atoms with Crippen molar-refractivity contribution in [2.75, 3.05) is 46.3 Å². The summed E-state index contributed by atoms with van der Waals surface area (Å²) in [6.07, 6.45) is 0. The summed E-state index contributed by atoms with van der Waals surface area (Å²) in [4.78, 5) is 31.5. The van der Waals surface area contributed by atoms with Gasteiger partial charge in [0.15, 0.2) is 0 Å². The summed E-state index contributed by atoms with van der Waals surface area (Å²) >= 11 is 0.